The summed E-state index contributed by atoms with van der Waals surface area (Å²) in [5, 5.41) is 10.4. The SMILES string of the molecule is CCN1CCCC1CN(CCC(=O)N1CCNCC1)S(=O)(=O)c1cc(C)c(C)cc1C.O=C(O)C(F)(F)F. The van der Waals surface area contributed by atoms with Gasteiger partial charge in [-0.15, -0.1) is 0 Å². The Labute approximate surface area is 223 Å². The van der Waals surface area contributed by atoms with Crippen molar-refractivity contribution in [1.29, 1.82) is 0 Å². The van der Waals surface area contributed by atoms with Crippen molar-refractivity contribution in [1.82, 2.24) is 19.4 Å². The molecule has 0 spiro atoms. The van der Waals surface area contributed by atoms with Crippen LogP contribution in [0.5, 0.6) is 0 Å². The Morgan fingerprint density at radius 2 is 1.66 bits per heavy atom. The van der Waals surface area contributed by atoms with Gasteiger partial charge in [-0.1, -0.05) is 13.0 Å². The molecule has 0 aromatic heterocycles. The van der Waals surface area contributed by atoms with Crippen LogP contribution < -0.4 is 5.32 Å². The van der Waals surface area contributed by atoms with Crippen molar-refractivity contribution in [2.24, 2.45) is 0 Å². The van der Waals surface area contributed by atoms with E-state index in [1.165, 1.54) is 0 Å². The Kier molecular flexibility index (Phi) is 11.6. The summed E-state index contributed by atoms with van der Waals surface area (Å²) in [5.41, 5.74) is 2.82. The number of likely N-dealkylation sites (N-methyl/N-ethyl adjacent to an activating group) is 1. The average molecular weight is 565 g/mol. The van der Waals surface area contributed by atoms with Gasteiger partial charge in [0.15, 0.2) is 0 Å². The first-order chi connectivity index (χ1) is 17.7. The minimum atomic E-state index is -5.08. The van der Waals surface area contributed by atoms with Gasteiger partial charge in [-0.3, -0.25) is 9.69 Å². The second-order valence-corrected chi connectivity index (χ2v) is 11.6. The third-order valence-electron chi connectivity index (χ3n) is 7.02. The summed E-state index contributed by atoms with van der Waals surface area (Å²) in [5.74, 6) is -2.72. The Morgan fingerprint density at radius 1 is 1.08 bits per heavy atom. The lowest BCUT2D eigenvalue weighted by Gasteiger charge is -2.31. The minimum absolute atomic E-state index is 0.0391. The highest BCUT2D eigenvalue weighted by atomic mass is 32.2. The predicted molar refractivity (Wildman–Crippen MR) is 137 cm³/mol. The summed E-state index contributed by atoms with van der Waals surface area (Å²) in [6.07, 6.45) is -2.77. The van der Waals surface area contributed by atoms with Crippen LogP contribution in [0.4, 0.5) is 13.2 Å². The quantitative estimate of drug-likeness (QED) is 0.499. The normalized spacial score (nSPS) is 18.8. The number of alkyl halides is 3. The number of benzene rings is 1. The van der Waals surface area contributed by atoms with E-state index in [0.717, 1.165) is 55.7 Å². The number of halogens is 3. The second-order valence-electron chi connectivity index (χ2n) is 9.67. The van der Waals surface area contributed by atoms with Crippen molar-refractivity contribution in [2.45, 2.75) is 64.1 Å². The van der Waals surface area contributed by atoms with E-state index in [0.29, 0.717) is 24.5 Å². The van der Waals surface area contributed by atoms with Crippen molar-refractivity contribution in [3.05, 3.63) is 28.8 Å². The van der Waals surface area contributed by atoms with E-state index in [9.17, 15) is 26.4 Å². The van der Waals surface area contributed by atoms with Gasteiger partial charge in [0.1, 0.15) is 0 Å². The zero-order chi connectivity index (χ0) is 28.7. The lowest BCUT2D eigenvalue weighted by molar-refractivity contribution is -0.192. The molecule has 38 heavy (non-hydrogen) atoms. The number of hydrogen-bond donors (Lipinski definition) is 2. The number of nitrogens with one attached hydrogen (secondary N) is 1. The predicted octanol–water partition coefficient (Wildman–Crippen LogP) is 2.54. The van der Waals surface area contributed by atoms with Crippen LogP contribution in [0.3, 0.4) is 0 Å². The van der Waals surface area contributed by atoms with E-state index >= 15 is 0 Å². The Balaban J connectivity index is 0.000000638. The van der Waals surface area contributed by atoms with Crippen LogP contribution in [0, 0.1) is 20.8 Å². The summed E-state index contributed by atoms with van der Waals surface area (Å²) in [6, 6.07) is 3.94. The third-order valence-corrected chi connectivity index (χ3v) is 9.02. The molecule has 0 saturated carbocycles. The highest BCUT2D eigenvalue weighted by Crippen LogP contribution is 2.26. The molecule has 1 unspecified atom stereocenters. The lowest BCUT2D eigenvalue weighted by atomic mass is 10.1. The standard InChI is InChI=1S/C23H38N4O3S.C2HF3O2/c1-5-25-11-6-7-21(25)17-27(12-8-23(28)26-13-9-24-10-14-26)31(29,30)22-16-19(3)18(2)15-20(22)4;3-2(4,5)1(6)7/h15-16,21,24H,5-14,17H2,1-4H3;(H,6,7). The highest BCUT2D eigenvalue weighted by molar-refractivity contribution is 7.89. The fourth-order valence-electron chi connectivity index (χ4n) is 4.71. The Bertz CT molecular complexity index is 1080. The van der Waals surface area contributed by atoms with E-state index in [4.69, 9.17) is 9.90 Å². The summed E-state index contributed by atoms with van der Waals surface area (Å²) in [7, 11) is -3.69. The molecule has 0 bridgehead atoms. The van der Waals surface area contributed by atoms with Crippen molar-refractivity contribution in [2.75, 3.05) is 52.4 Å². The number of rotatable bonds is 8. The summed E-state index contributed by atoms with van der Waals surface area (Å²) in [6.45, 7) is 13.5. The number of carboxylic acid groups (broad SMARTS) is 1. The van der Waals surface area contributed by atoms with Crippen LogP contribution in [0.2, 0.25) is 0 Å². The van der Waals surface area contributed by atoms with Crippen LogP contribution in [0.25, 0.3) is 0 Å². The summed E-state index contributed by atoms with van der Waals surface area (Å²) < 4.78 is 60.8. The van der Waals surface area contributed by atoms with Crippen molar-refractivity contribution in [3.8, 4) is 0 Å². The smallest absolute Gasteiger partial charge is 0.475 e. The van der Waals surface area contributed by atoms with E-state index < -0.39 is 22.2 Å². The molecule has 0 aliphatic carbocycles. The monoisotopic (exact) mass is 564 g/mol. The van der Waals surface area contributed by atoms with E-state index in [-0.39, 0.29) is 24.9 Å². The van der Waals surface area contributed by atoms with Gasteiger partial charge in [0.2, 0.25) is 15.9 Å². The molecular weight excluding hydrogens is 525 g/mol. The molecule has 216 valence electrons. The van der Waals surface area contributed by atoms with Gasteiger partial charge in [0.05, 0.1) is 4.90 Å². The van der Waals surface area contributed by atoms with Crippen LogP contribution in [-0.4, -0.2) is 104 Å². The number of hydrogen-bond acceptors (Lipinski definition) is 6. The number of piperazine rings is 1. The minimum Gasteiger partial charge on any atom is -0.475 e. The molecule has 0 radical (unpaired) electrons. The molecule has 2 saturated heterocycles. The molecule has 9 nitrogen and oxygen atoms in total. The number of carboxylic acids is 1. The zero-order valence-corrected chi connectivity index (χ0v) is 23.3. The van der Waals surface area contributed by atoms with Gasteiger partial charge in [-0.05, 0) is 69.5 Å². The van der Waals surface area contributed by atoms with Crippen molar-refractivity contribution >= 4 is 21.9 Å². The number of nitrogens with zero attached hydrogens (tertiary/aromatic N) is 3. The molecule has 13 heteroatoms. The number of aliphatic carboxylic acids is 1. The van der Waals surface area contributed by atoms with Gasteiger partial charge < -0.3 is 15.3 Å². The first kappa shape index (κ1) is 32.0. The maximum atomic E-state index is 13.8. The first-order valence-electron chi connectivity index (χ1n) is 12.8. The summed E-state index contributed by atoms with van der Waals surface area (Å²) in [4.78, 5) is 26.2. The molecule has 1 amide bonds. The lowest BCUT2D eigenvalue weighted by Crippen LogP contribution is -2.48. The van der Waals surface area contributed by atoms with Crippen LogP contribution in [0.15, 0.2) is 17.0 Å². The number of carbonyl (C=O) groups excluding carboxylic acids is 1. The third kappa shape index (κ3) is 8.65. The number of amides is 1. The van der Waals surface area contributed by atoms with Gasteiger partial charge in [0.25, 0.3) is 0 Å². The molecule has 1 aromatic rings. The fraction of sp³-hybridized carbons (Fsp3) is 0.680. The van der Waals surface area contributed by atoms with Crippen LogP contribution in [0.1, 0.15) is 42.9 Å². The molecule has 3 rings (SSSR count). The number of sulfonamides is 1. The molecule has 2 fully saturated rings. The molecule has 1 atom stereocenters. The highest BCUT2D eigenvalue weighted by Gasteiger charge is 2.38. The average Bonchev–Trinajstić information content (AvgIpc) is 3.31. The largest absolute Gasteiger partial charge is 0.490 e. The first-order valence-corrected chi connectivity index (χ1v) is 14.2. The van der Waals surface area contributed by atoms with Gasteiger partial charge in [-0.2, -0.15) is 17.5 Å². The Morgan fingerprint density at radius 3 is 2.21 bits per heavy atom. The fourth-order valence-corrected chi connectivity index (χ4v) is 6.48. The van der Waals surface area contributed by atoms with Crippen molar-refractivity contribution in [3.63, 3.8) is 0 Å². The number of aryl methyl sites for hydroxylation is 3. The summed E-state index contributed by atoms with van der Waals surface area (Å²) >= 11 is 0. The molecule has 2 heterocycles. The zero-order valence-electron chi connectivity index (χ0n) is 22.5. The topological polar surface area (TPSA) is 110 Å². The molecule has 2 N–H and O–H groups in total. The number of carbonyl (C=O) groups is 2. The second kappa shape index (κ2) is 13.7. The van der Waals surface area contributed by atoms with E-state index in [2.05, 4.69) is 17.1 Å². The molecule has 2 aliphatic rings. The van der Waals surface area contributed by atoms with E-state index in [1.807, 2.05) is 31.7 Å². The maximum Gasteiger partial charge on any atom is 0.490 e. The van der Waals surface area contributed by atoms with Gasteiger partial charge in [0, 0.05) is 51.7 Å². The maximum absolute atomic E-state index is 13.8. The van der Waals surface area contributed by atoms with Crippen LogP contribution in [-0.2, 0) is 19.6 Å². The van der Waals surface area contributed by atoms with E-state index in [1.54, 1.807) is 10.4 Å². The van der Waals surface area contributed by atoms with Gasteiger partial charge in [-0.25, -0.2) is 13.2 Å². The van der Waals surface area contributed by atoms with Crippen molar-refractivity contribution < 1.29 is 36.3 Å². The Hall–Kier alpha value is -2.22. The molecule has 2 aliphatic heterocycles. The molecular formula is C25H39F3N4O5S. The number of likely N-dealkylation sites (tertiary alicyclic amines) is 1. The van der Waals surface area contributed by atoms with Crippen LogP contribution >= 0.6 is 0 Å². The molecule has 1 aromatic carbocycles. The van der Waals surface area contributed by atoms with Gasteiger partial charge >= 0.3 is 12.1 Å².